The predicted octanol–water partition coefficient (Wildman–Crippen LogP) is 6.14. The maximum absolute atomic E-state index is 13.0. The number of carbonyl (C=O) groups is 2. The highest BCUT2D eigenvalue weighted by molar-refractivity contribution is 9.10. The number of carbonyl (C=O) groups excluding carboxylic acids is 2. The van der Waals surface area contributed by atoms with Crippen LogP contribution in [0, 0.1) is 11.8 Å². The van der Waals surface area contributed by atoms with E-state index in [1.165, 1.54) is 0 Å². The van der Waals surface area contributed by atoms with Crippen LogP contribution in [-0.2, 0) is 20.7 Å². The first kappa shape index (κ1) is 25.4. The summed E-state index contributed by atoms with van der Waals surface area (Å²) in [5, 5.41) is 10.6. The highest BCUT2D eigenvalue weighted by Crippen LogP contribution is 2.43. The molecular formula is C31H29BrO5. The zero-order valence-electron chi connectivity index (χ0n) is 20.3. The number of halogens is 1. The number of rotatable bonds is 8. The van der Waals surface area contributed by atoms with Crippen molar-refractivity contribution in [1.29, 1.82) is 0 Å². The number of aryl methyl sites for hydroxylation is 1. The van der Waals surface area contributed by atoms with Crippen molar-refractivity contribution in [2.45, 2.75) is 44.0 Å². The summed E-state index contributed by atoms with van der Waals surface area (Å²) >= 11 is 3.43. The Labute approximate surface area is 225 Å². The summed E-state index contributed by atoms with van der Waals surface area (Å²) in [7, 11) is 0. The zero-order valence-corrected chi connectivity index (χ0v) is 21.9. The van der Waals surface area contributed by atoms with Gasteiger partial charge in [-0.25, -0.2) is 4.79 Å². The molecule has 1 N–H and O–H groups in total. The minimum Gasteiger partial charge on any atom is -0.462 e. The van der Waals surface area contributed by atoms with E-state index in [1.54, 1.807) is 18.2 Å². The first-order valence-electron chi connectivity index (χ1n) is 12.6. The molecule has 5 rings (SSSR count). The molecule has 1 saturated heterocycles. The van der Waals surface area contributed by atoms with Crippen molar-refractivity contribution in [1.82, 2.24) is 0 Å². The standard InChI is InChI=1S/C31H29BrO5/c32-24-13-6-20(7-14-24)8-15-25(33)16-17-26-27-18-30(34)36-29(27)19-28(26)37-31(35)23-11-9-22(10-12-23)21-4-2-1-3-5-21/h1-7,9-14,16-17,25-29,33H,8,15,18-19H2/b17-16+/t25-,26+,27+,28+,29-/m0/s1. The molecule has 5 nitrogen and oxygen atoms in total. The van der Waals surface area contributed by atoms with Gasteiger partial charge in [0.15, 0.2) is 0 Å². The number of hydrogen-bond acceptors (Lipinski definition) is 5. The molecule has 2 aliphatic rings. The lowest BCUT2D eigenvalue weighted by Crippen LogP contribution is -2.25. The van der Waals surface area contributed by atoms with Crippen molar-refractivity contribution in [3.05, 3.63) is 107 Å². The van der Waals surface area contributed by atoms with E-state index in [0.29, 0.717) is 24.8 Å². The number of aliphatic hydroxyl groups excluding tert-OH is 1. The molecule has 5 atom stereocenters. The van der Waals surface area contributed by atoms with Crippen LogP contribution in [0.25, 0.3) is 11.1 Å². The minimum atomic E-state index is -0.636. The zero-order chi connectivity index (χ0) is 25.8. The second-order valence-electron chi connectivity index (χ2n) is 9.71. The third-order valence-corrected chi connectivity index (χ3v) is 7.76. The third-order valence-electron chi connectivity index (χ3n) is 7.23. The van der Waals surface area contributed by atoms with E-state index in [2.05, 4.69) is 15.9 Å². The maximum atomic E-state index is 13.0. The Morgan fingerprint density at radius 2 is 1.73 bits per heavy atom. The van der Waals surface area contributed by atoms with Gasteiger partial charge in [0.2, 0.25) is 0 Å². The molecule has 0 aromatic heterocycles. The van der Waals surface area contributed by atoms with Gasteiger partial charge in [0.1, 0.15) is 12.2 Å². The number of aliphatic hydroxyl groups is 1. The van der Waals surface area contributed by atoms with Gasteiger partial charge in [-0.1, -0.05) is 82.7 Å². The van der Waals surface area contributed by atoms with Crippen LogP contribution in [0.15, 0.2) is 95.5 Å². The summed E-state index contributed by atoms with van der Waals surface area (Å²) in [5.41, 5.74) is 3.73. The minimum absolute atomic E-state index is 0.0549. The van der Waals surface area contributed by atoms with Crippen LogP contribution in [0.5, 0.6) is 0 Å². The van der Waals surface area contributed by atoms with Crippen LogP contribution < -0.4 is 0 Å². The molecule has 3 aromatic rings. The van der Waals surface area contributed by atoms with Crippen LogP contribution in [0.4, 0.5) is 0 Å². The molecule has 3 aromatic carbocycles. The number of fused-ring (bicyclic) bond motifs is 1. The Hall–Kier alpha value is -3.22. The fourth-order valence-electron chi connectivity index (χ4n) is 5.24. The fraction of sp³-hybridized carbons (Fsp3) is 0.290. The monoisotopic (exact) mass is 560 g/mol. The van der Waals surface area contributed by atoms with Crippen LogP contribution in [0.2, 0.25) is 0 Å². The molecule has 6 heteroatoms. The van der Waals surface area contributed by atoms with Crippen LogP contribution in [0.1, 0.15) is 35.2 Å². The molecule has 1 saturated carbocycles. The summed E-state index contributed by atoms with van der Waals surface area (Å²) in [6.07, 6.45) is 4.45. The Morgan fingerprint density at radius 3 is 2.46 bits per heavy atom. The largest absolute Gasteiger partial charge is 0.462 e. The lowest BCUT2D eigenvalue weighted by molar-refractivity contribution is -0.141. The number of ether oxygens (including phenoxy) is 2. The highest BCUT2D eigenvalue weighted by atomic mass is 79.9. The molecule has 1 aliphatic carbocycles. The number of benzene rings is 3. The van der Waals surface area contributed by atoms with Gasteiger partial charge in [0, 0.05) is 22.7 Å². The summed E-state index contributed by atoms with van der Waals surface area (Å²) in [6, 6.07) is 25.4. The molecule has 2 fully saturated rings. The molecule has 0 spiro atoms. The molecule has 0 bridgehead atoms. The van der Waals surface area contributed by atoms with E-state index in [0.717, 1.165) is 27.6 Å². The topological polar surface area (TPSA) is 72.8 Å². The fourth-order valence-corrected chi connectivity index (χ4v) is 5.51. The Bertz CT molecular complexity index is 1250. The van der Waals surface area contributed by atoms with E-state index in [9.17, 15) is 14.7 Å². The average Bonchev–Trinajstić information content (AvgIpc) is 3.42. The smallest absolute Gasteiger partial charge is 0.338 e. The van der Waals surface area contributed by atoms with Crippen molar-refractivity contribution in [2.75, 3.05) is 0 Å². The molecule has 37 heavy (non-hydrogen) atoms. The van der Waals surface area contributed by atoms with Crippen LogP contribution in [-0.4, -0.2) is 35.4 Å². The molecular weight excluding hydrogens is 532 g/mol. The van der Waals surface area contributed by atoms with Crippen molar-refractivity contribution in [3.63, 3.8) is 0 Å². The Morgan fingerprint density at radius 1 is 1.03 bits per heavy atom. The lowest BCUT2D eigenvalue weighted by Gasteiger charge is -2.20. The highest BCUT2D eigenvalue weighted by Gasteiger charge is 2.50. The second-order valence-corrected chi connectivity index (χ2v) is 10.6. The van der Waals surface area contributed by atoms with Crippen LogP contribution >= 0.6 is 15.9 Å². The maximum Gasteiger partial charge on any atom is 0.338 e. The van der Waals surface area contributed by atoms with E-state index < -0.39 is 18.2 Å². The number of esters is 2. The first-order valence-corrected chi connectivity index (χ1v) is 13.4. The quantitative estimate of drug-likeness (QED) is 0.264. The van der Waals surface area contributed by atoms with Gasteiger partial charge in [-0.3, -0.25) is 4.79 Å². The Kier molecular flexibility index (Phi) is 7.87. The van der Waals surface area contributed by atoms with Crippen molar-refractivity contribution >= 4 is 27.9 Å². The van der Waals surface area contributed by atoms with Gasteiger partial charge in [-0.15, -0.1) is 0 Å². The van der Waals surface area contributed by atoms with Gasteiger partial charge in [0.25, 0.3) is 0 Å². The lowest BCUT2D eigenvalue weighted by atomic mass is 9.91. The predicted molar refractivity (Wildman–Crippen MR) is 145 cm³/mol. The second kappa shape index (κ2) is 11.4. The molecule has 1 heterocycles. The van der Waals surface area contributed by atoms with Gasteiger partial charge < -0.3 is 14.6 Å². The van der Waals surface area contributed by atoms with E-state index >= 15 is 0 Å². The summed E-state index contributed by atoms with van der Waals surface area (Å²) < 4.78 is 12.4. The van der Waals surface area contributed by atoms with Gasteiger partial charge in [-0.05, 0) is 53.8 Å². The van der Waals surface area contributed by atoms with Crippen molar-refractivity contribution < 1.29 is 24.2 Å². The summed E-state index contributed by atoms with van der Waals surface area (Å²) in [5.74, 6) is -0.859. The van der Waals surface area contributed by atoms with Gasteiger partial charge >= 0.3 is 11.9 Å². The average molecular weight is 561 g/mol. The Balaban J connectivity index is 1.23. The molecule has 0 amide bonds. The van der Waals surface area contributed by atoms with E-state index in [4.69, 9.17) is 9.47 Å². The van der Waals surface area contributed by atoms with Crippen molar-refractivity contribution in [3.8, 4) is 11.1 Å². The third kappa shape index (κ3) is 6.20. The SMILES string of the molecule is O=C1C[C@@H]2[C@@H](/C=C/[C@@H](O)CCc3ccc(Br)cc3)[C@H](OC(=O)c3ccc(-c4ccccc4)cc3)C[C@@H]2O1. The van der Waals surface area contributed by atoms with Gasteiger partial charge in [0.05, 0.1) is 18.1 Å². The summed E-state index contributed by atoms with van der Waals surface area (Å²) in [4.78, 5) is 24.9. The first-order chi connectivity index (χ1) is 18.0. The summed E-state index contributed by atoms with van der Waals surface area (Å²) in [6.45, 7) is 0. The molecule has 190 valence electrons. The van der Waals surface area contributed by atoms with E-state index in [-0.39, 0.29) is 23.9 Å². The molecule has 1 aliphatic heterocycles. The van der Waals surface area contributed by atoms with Crippen molar-refractivity contribution in [2.24, 2.45) is 11.8 Å². The number of hydrogen-bond donors (Lipinski definition) is 1. The molecule has 0 radical (unpaired) electrons. The van der Waals surface area contributed by atoms with E-state index in [1.807, 2.05) is 72.8 Å². The normalized spacial score (nSPS) is 23.6. The molecule has 0 unspecified atom stereocenters. The van der Waals surface area contributed by atoms with Crippen LogP contribution in [0.3, 0.4) is 0 Å². The van der Waals surface area contributed by atoms with Gasteiger partial charge in [-0.2, -0.15) is 0 Å².